The molecule has 0 heterocycles. The fourth-order valence-electron chi connectivity index (χ4n) is 1.50. The van der Waals surface area contributed by atoms with E-state index in [0.29, 0.717) is 11.1 Å². The van der Waals surface area contributed by atoms with Crippen molar-refractivity contribution in [2.75, 3.05) is 0 Å². The molecule has 0 amide bonds. The minimum absolute atomic E-state index is 0.173. The van der Waals surface area contributed by atoms with E-state index in [1.165, 1.54) is 12.1 Å². The Kier molecular flexibility index (Phi) is 4.25. The lowest BCUT2D eigenvalue weighted by molar-refractivity contribution is 0.132. The number of nitrogens with zero attached hydrogens (tertiary/aromatic N) is 2. The van der Waals surface area contributed by atoms with Gasteiger partial charge in [0, 0.05) is 11.1 Å². The normalized spacial score (nSPS) is 10.3. The average molecular weight is 253 g/mol. The van der Waals surface area contributed by atoms with Gasteiger partial charge in [0.25, 0.3) is 0 Å². The Morgan fingerprint density at radius 1 is 1.16 bits per heavy atom. The summed E-state index contributed by atoms with van der Waals surface area (Å²) in [6, 6.07) is 15.0. The van der Waals surface area contributed by atoms with Crippen LogP contribution in [0, 0.1) is 17.1 Å². The predicted octanol–water partition coefficient (Wildman–Crippen LogP) is 3.13. The molecule has 2 aromatic rings. The topological polar surface area (TPSA) is 45.4 Å². The van der Waals surface area contributed by atoms with Crippen molar-refractivity contribution in [1.29, 1.82) is 5.26 Å². The molecule has 0 saturated heterocycles. The Morgan fingerprint density at radius 3 is 2.79 bits per heavy atom. The SMILES string of the molecule is N#Cc1ccccc1CO/N=[C]\c1cccc(F)c1. The van der Waals surface area contributed by atoms with Gasteiger partial charge in [0.05, 0.1) is 11.6 Å². The molecule has 0 aliphatic carbocycles. The lowest BCUT2D eigenvalue weighted by Crippen LogP contribution is -1.92. The lowest BCUT2D eigenvalue weighted by atomic mass is 10.1. The summed E-state index contributed by atoms with van der Waals surface area (Å²) >= 11 is 0. The second-order valence-corrected chi connectivity index (χ2v) is 3.76. The highest BCUT2D eigenvalue weighted by Crippen LogP contribution is 2.08. The van der Waals surface area contributed by atoms with Crippen molar-refractivity contribution in [3.05, 3.63) is 71.0 Å². The smallest absolute Gasteiger partial charge is 0.143 e. The summed E-state index contributed by atoms with van der Waals surface area (Å²) in [7, 11) is 0. The van der Waals surface area contributed by atoms with Crippen LogP contribution in [0.25, 0.3) is 0 Å². The van der Waals surface area contributed by atoms with Crippen LogP contribution in [0.5, 0.6) is 0 Å². The van der Waals surface area contributed by atoms with Gasteiger partial charge in [-0.3, -0.25) is 0 Å². The lowest BCUT2D eigenvalue weighted by Gasteiger charge is -2.01. The molecule has 0 fully saturated rings. The number of hydrogen-bond donors (Lipinski definition) is 0. The molecule has 19 heavy (non-hydrogen) atoms. The van der Waals surface area contributed by atoms with Gasteiger partial charge in [0.1, 0.15) is 18.6 Å². The summed E-state index contributed by atoms with van der Waals surface area (Å²) in [5, 5.41) is 12.5. The van der Waals surface area contributed by atoms with Crippen LogP contribution in [-0.4, -0.2) is 6.21 Å². The summed E-state index contributed by atoms with van der Waals surface area (Å²) < 4.78 is 12.9. The fraction of sp³-hybridized carbons (Fsp3) is 0.0667. The third kappa shape index (κ3) is 3.65. The first-order valence-electron chi connectivity index (χ1n) is 5.61. The van der Waals surface area contributed by atoms with Crippen LogP contribution in [0.3, 0.4) is 0 Å². The maximum atomic E-state index is 12.9. The third-order valence-electron chi connectivity index (χ3n) is 2.42. The molecule has 2 rings (SSSR count). The molecule has 1 radical (unpaired) electrons. The van der Waals surface area contributed by atoms with Gasteiger partial charge in [-0.15, -0.1) is 0 Å². The van der Waals surface area contributed by atoms with Crippen LogP contribution in [0.1, 0.15) is 16.7 Å². The second kappa shape index (κ2) is 6.31. The van der Waals surface area contributed by atoms with Gasteiger partial charge < -0.3 is 4.84 Å². The Labute approximate surface area is 110 Å². The Balaban J connectivity index is 1.95. The fourth-order valence-corrected chi connectivity index (χ4v) is 1.50. The predicted molar refractivity (Wildman–Crippen MR) is 68.9 cm³/mol. The molecule has 0 aliphatic heterocycles. The molecule has 0 bridgehead atoms. The second-order valence-electron chi connectivity index (χ2n) is 3.76. The van der Waals surface area contributed by atoms with E-state index in [1.807, 2.05) is 6.07 Å². The highest BCUT2D eigenvalue weighted by molar-refractivity contribution is 5.78. The number of nitriles is 1. The van der Waals surface area contributed by atoms with Gasteiger partial charge in [-0.25, -0.2) is 4.39 Å². The summed E-state index contributed by atoms with van der Waals surface area (Å²) in [5.74, 6) is -0.352. The van der Waals surface area contributed by atoms with E-state index in [9.17, 15) is 4.39 Å². The van der Waals surface area contributed by atoms with Crippen LogP contribution in [0.15, 0.2) is 53.7 Å². The zero-order valence-electron chi connectivity index (χ0n) is 10.0. The van der Waals surface area contributed by atoms with Crippen molar-refractivity contribution >= 4 is 6.21 Å². The van der Waals surface area contributed by atoms with E-state index in [2.05, 4.69) is 17.4 Å². The zero-order chi connectivity index (χ0) is 13.5. The molecule has 93 valence electrons. The van der Waals surface area contributed by atoms with E-state index in [0.717, 1.165) is 5.56 Å². The van der Waals surface area contributed by atoms with Crippen molar-refractivity contribution in [3.63, 3.8) is 0 Å². The van der Waals surface area contributed by atoms with Crippen molar-refractivity contribution in [1.82, 2.24) is 0 Å². The molecule has 2 aromatic carbocycles. The Bertz CT molecular complexity index is 632. The summed E-state index contributed by atoms with van der Waals surface area (Å²) in [6.07, 6.45) is 2.57. The summed E-state index contributed by atoms with van der Waals surface area (Å²) in [4.78, 5) is 5.05. The molecule has 0 spiro atoms. The van der Waals surface area contributed by atoms with Crippen LogP contribution in [-0.2, 0) is 11.4 Å². The van der Waals surface area contributed by atoms with Crippen molar-refractivity contribution in [2.24, 2.45) is 5.16 Å². The molecule has 0 atom stereocenters. The van der Waals surface area contributed by atoms with Gasteiger partial charge in [-0.2, -0.15) is 5.26 Å². The summed E-state index contributed by atoms with van der Waals surface area (Å²) in [5.41, 5.74) is 1.78. The molecule has 0 N–H and O–H groups in total. The minimum Gasteiger partial charge on any atom is -0.390 e. The van der Waals surface area contributed by atoms with Crippen LogP contribution < -0.4 is 0 Å². The number of benzene rings is 2. The molecule has 3 nitrogen and oxygen atoms in total. The Hall–Kier alpha value is -2.67. The van der Waals surface area contributed by atoms with Gasteiger partial charge >= 0.3 is 0 Å². The van der Waals surface area contributed by atoms with E-state index >= 15 is 0 Å². The van der Waals surface area contributed by atoms with Crippen molar-refractivity contribution in [2.45, 2.75) is 6.61 Å². The highest BCUT2D eigenvalue weighted by Gasteiger charge is 2.00. The zero-order valence-corrected chi connectivity index (χ0v) is 10.0. The number of rotatable bonds is 4. The van der Waals surface area contributed by atoms with Crippen molar-refractivity contribution < 1.29 is 9.23 Å². The molecule has 0 aliphatic rings. The Morgan fingerprint density at radius 2 is 2.00 bits per heavy atom. The molecule has 0 saturated carbocycles. The largest absolute Gasteiger partial charge is 0.390 e. The first-order valence-corrected chi connectivity index (χ1v) is 5.61. The standard InChI is InChI=1S/C15H10FN2O/c16-15-7-3-4-12(8-15)10-18-19-11-14-6-2-1-5-13(14)9-17/h1-8H,11H2. The first kappa shape index (κ1) is 12.8. The molecule has 0 unspecified atom stereocenters. The summed E-state index contributed by atoms with van der Waals surface area (Å²) in [6.45, 7) is 0.173. The third-order valence-corrected chi connectivity index (χ3v) is 2.42. The maximum absolute atomic E-state index is 12.9. The van der Waals surface area contributed by atoms with Crippen LogP contribution in [0.2, 0.25) is 0 Å². The first-order chi connectivity index (χ1) is 9.29. The van der Waals surface area contributed by atoms with Gasteiger partial charge in [0.15, 0.2) is 0 Å². The van der Waals surface area contributed by atoms with Gasteiger partial charge in [-0.05, 0) is 18.2 Å². The molecular formula is C15H10FN2O. The quantitative estimate of drug-likeness (QED) is 0.620. The van der Waals surface area contributed by atoms with Crippen molar-refractivity contribution in [3.8, 4) is 6.07 Å². The van der Waals surface area contributed by atoms with Crippen LogP contribution in [0.4, 0.5) is 4.39 Å². The van der Waals surface area contributed by atoms with E-state index in [1.54, 1.807) is 30.3 Å². The van der Waals surface area contributed by atoms with Gasteiger partial charge in [-0.1, -0.05) is 35.5 Å². The van der Waals surface area contributed by atoms with Gasteiger partial charge in [0.2, 0.25) is 0 Å². The number of hydrogen-bond acceptors (Lipinski definition) is 3. The molecular weight excluding hydrogens is 243 g/mol. The van der Waals surface area contributed by atoms with E-state index in [4.69, 9.17) is 10.1 Å². The minimum atomic E-state index is -0.352. The molecule has 0 aromatic heterocycles. The monoisotopic (exact) mass is 253 g/mol. The number of halogens is 1. The average Bonchev–Trinajstić information content (AvgIpc) is 2.44. The van der Waals surface area contributed by atoms with E-state index < -0.39 is 0 Å². The highest BCUT2D eigenvalue weighted by atomic mass is 19.1. The van der Waals surface area contributed by atoms with E-state index in [-0.39, 0.29) is 12.4 Å². The van der Waals surface area contributed by atoms with Crippen LogP contribution >= 0.6 is 0 Å². The molecule has 4 heteroatoms. The maximum Gasteiger partial charge on any atom is 0.143 e.